The predicted molar refractivity (Wildman–Crippen MR) is 155 cm³/mol. The first-order valence-electron chi connectivity index (χ1n) is 13.5. The van der Waals surface area contributed by atoms with Gasteiger partial charge in [-0.15, -0.1) is 21.5 Å². The number of carbonyl (C=O) groups is 3. The van der Waals surface area contributed by atoms with Crippen molar-refractivity contribution in [2.75, 3.05) is 24.8 Å². The number of hydrogen-bond donors (Lipinski definition) is 2. The van der Waals surface area contributed by atoms with Crippen LogP contribution in [-0.4, -0.2) is 52.0 Å². The minimum atomic E-state index is -0.385. The second-order valence-electron chi connectivity index (χ2n) is 9.26. The molecule has 1 aliphatic carbocycles. The van der Waals surface area contributed by atoms with Gasteiger partial charge in [-0.1, -0.05) is 37.2 Å². The average Bonchev–Trinajstić information content (AvgIpc) is 3.53. The number of para-hydroxylation sites is 1. The quantitative estimate of drug-likeness (QED) is 0.215. The van der Waals surface area contributed by atoms with Crippen LogP contribution in [0, 0.1) is 0 Å². The van der Waals surface area contributed by atoms with E-state index in [0.29, 0.717) is 39.4 Å². The monoisotopic (exact) mass is 585 g/mol. The maximum Gasteiger partial charge on any atom is 0.341 e. The molecule has 2 N–H and O–H groups in total. The lowest BCUT2D eigenvalue weighted by Gasteiger charge is -2.12. The highest BCUT2D eigenvalue weighted by molar-refractivity contribution is 7.99. The number of aryl methyl sites for hydroxylation is 1. The number of hydrogen-bond acceptors (Lipinski definition) is 9. The van der Waals surface area contributed by atoms with Crippen molar-refractivity contribution in [3.8, 4) is 5.75 Å². The first-order chi connectivity index (χ1) is 19.5. The third-order valence-corrected chi connectivity index (χ3v) is 8.70. The molecule has 0 unspecified atom stereocenters. The number of methoxy groups -OCH3 is 1. The molecule has 2 aromatic heterocycles. The Morgan fingerprint density at radius 2 is 1.93 bits per heavy atom. The van der Waals surface area contributed by atoms with Gasteiger partial charge in [0.15, 0.2) is 11.0 Å². The molecule has 0 radical (unpaired) electrons. The zero-order valence-corrected chi connectivity index (χ0v) is 24.7. The van der Waals surface area contributed by atoms with Gasteiger partial charge < -0.3 is 24.7 Å². The van der Waals surface area contributed by atoms with Gasteiger partial charge in [0.1, 0.15) is 10.8 Å². The Kier molecular flexibility index (Phi) is 10.6. The van der Waals surface area contributed by atoms with Crippen molar-refractivity contribution < 1.29 is 23.9 Å². The second-order valence-corrected chi connectivity index (χ2v) is 11.3. The maximum atomic E-state index is 13.0. The summed E-state index contributed by atoms with van der Waals surface area (Å²) in [4.78, 5) is 39.6. The summed E-state index contributed by atoms with van der Waals surface area (Å²) in [5, 5.41) is 15.6. The molecule has 1 aliphatic rings. The average molecular weight is 586 g/mol. The molecule has 0 saturated carbocycles. The number of thiophene rings is 1. The van der Waals surface area contributed by atoms with Gasteiger partial charge in [0.25, 0.3) is 5.91 Å². The van der Waals surface area contributed by atoms with E-state index in [4.69, 9.17) is 9.47 Å². The van der Waals surface area contributed by atoms with Gasteiger partial charge in [-0.25, -0.2) is 4.79 Å². The van der Waals surface area contributed by atoms with E-state index in [1.54, 1.807) is 31.2 Å². The lowest BCUT2D eigenvalue weighted by atomic mass is 9.95. The number of anilines is 1. The van der Waals surface area contributed by atoms with E-state index in [2.05, 4.69) is 27.8 Å². The molecule has 3 aromatic rings. The van der Waals surface area contributed by atoms with Gasteiger partial charge in [0.2, 0.25) is 5.91 Å². The van der Waals surface area contributed by atoms with E-state index in [1.165, 1.54) is 30.2 Å². The molecule has 214 valence electrons. The van der Waals surface area contributed by atoms with Gasteiger partial charge >= 0.3 is 5.97 Å². The van der Waals surface area contributed by atoms with E-state index in [1.807, 2.05) is 4.57 Å². The number of benzene rings is 1. The van der Waals surface area contributed by atoms with Crippen LogP contribution in [0.3, 0.4) is 0 Å². The molecule has 0 bridgehead atoms. The fourth-order valence-electron chi connectivity index (χ4n) is 4.55. The van der Waals surface area contributed by atoms with E-state index >= 15 is 0 Å². The van der Waals surface area contributed by atoms with Gasteiger partial charge in [-0.2, -0.15) is 0 Å². The van der Waals surface area contributed by atoms with Crippen LogP contribution >= 0.6 is 23.1 Å². The van der Waals surface area contributed by atoms with E-state index in [-0.39, 0.29) is 36.7 Å². The van der Waals surface area contributed by atoms with Crippen LogP contribution in [0.25, 0.3) is 0 Å². The van der Waals surface area contributed by atoms with Crippen LogP contribution in [-0.2, 0) is 35.5 Å². The summed E-state index contributed by atoms with van der Waals surface area (Å²) in [5.41, 5.74) is 1.95. The Hall–Kier alpha value is -3.38. The number of nitrogens with zero attached hydrogens (tertiary/aromatic N) is 3. The summed E-state index contributed by atoms with van der Waals surface area (Å²) >= 11 is 2.74. The maximum absolute atomic E-state index is 13.0. The largest absolute Gasteiger partial charge is 0.496 e. The second kappa shape index (κ2) is 14.3. The number of thioether (sulfide) groups is 1. The van der Waals surface area contributed by atoms with Crippen LogP contribution < -0.4 is 15.4 Å². The van der Waals surface area contributed by atoms with Crippen molar-refractivity contribution in [1.29, 1.82) is 0 Å². The lowest BCUT2D eigenvalue weighted by molar-refractivity contribution is -0.113. The summed E-state index contributed by atoms with van der Waals surface area (Å²) in [7, 11) is 1.53. The van der Waals surface area contributed by atoms with Crippen LogP contribution in [0.15, 0.2) is 29.4 Å². The molecule has 0 atom stereocenters. The lowest BCUT2D eigenvalue weighted by Crippen LogP contribution is -2.25. The molecule has 10 nitrogen and oxygen atoms in total. The standard InChI is InChI=1S/C28H35N5O5S2/c1-4-6-15-33-22(16-29-25(35)18-11-7-9-13-20(18)37-3)31-32-28(33)39-17-23(34)30-26-24(27(36)38-5-2)19-12-8-10-14-21(19)40-26/h7,9,11,13H,4-6,8,10,12,14-17H2,1-3H3,(H,29,35)(H,30,34). The fraction of sp³-hybridized carbons (Fsp3) is 0.464. The molecule has 12 heteroatoms. The molecule has 1 aromatic carbocycles. The van der Waals surface area contributed by atoms with E-state index in [9.17, 15) is 14.4 Å². The third kappa shape index (κ3) is 7.03. The first-order valence-corrected chi connectivity index (χ1v) is 15.3. The Morgan fingerprint density at radius 1 is 1.12 bits per heavy atom. The molecule has 0 spiro atoms. The Balaban J connectivity index is 1.43. The Labute approximate surface area is 242 Å². The summed E-state index contributed by atoms with van der Waals surface area (Å²) < 4.78 is 12.5. The van der Waals surface area contributed by atoms with Crippen LogP contribution in [0.5, 0.6) is 5.75 Å². The third-order valence-electron chi connectivity index (χ3n) is 6.52. The van der Waals surface area contributed by atoms with Crippen molar-refractivity contribution in [3.05, 3.63) is 51.7 Å². The Morgan fingerprint density at radius 3 is 2.70 bits per heavy atom. The molecule has 4 rings (SSSR count). The normalized spacial score (nSPS) is 12.5. The number of unbranched alkanes of at least 4 members (excludes halogenated alkanes) is 1. The number of carbonyl (C=O) groups excluding carboxylic acids is 3. The number of rotatable bonds is 13. The van der Waals surface area contributed by atoms with E-state index in [0.717, 1.165) is 49.0 Å². The number of nitrogens with one attached hydrogen (secondary N) is 2. The minimum absolute atomic E-state index is 0.0999. The summed E-state index contributed by atoms with van der Waals surface area (Å²) in [6.45, 7) is 5.00. The number of amides is 2. The highest BCUT2D eigenvalue weighted by atomic mass is 32.2. The summed E-state index contributed by atoms with van der Waals surface area (Å²) in [6.07, 6.45) is 5.70. The van der Waals surface area contributed by atoms with Gasteiger partial charge in [0, 0.05) is 11.4 Å². The van der Waals surface area contributed by atoms with Crippen molar-refractivity contribution in [2.24, 2.45) is 0 Å². The van der Waals surface area contributed by atoms with Crippen LogP contribution in [0.4, 0.5) is 5.00 Å². The number of fused-ring (bicyclic) bond motifs is 1. The number of aromatic nitrogens is 3. The van der Waals surface area contributed by atoms with E-state index < -0.39 is 0 Å². The summed E-state index contributed by atoms with van der Waals surface area (Å²) in [5.74, 6) is 0.312. The molecule has 0 aliphatic heterocycles. The summed E-state index contributed by atoms with van der Waals surface area (Å²) in [6, 6.07) is 7.02. The molecule has 0 fully saturated rings. The van der Waals surface area contributed by atoms with Crippen molar-refractivity contribution >= 4 is 45.9 Å². The zero-order chi connectivity index (χ0) is 28.5. The highest BCUT2D eigenvalue weighted by Crippen LogP contribution is 2.38. The predicted octanol–water partition coefficient (Wildman–Crippen LogP) is 4.86. The van der Waals surface area contributed by atoms with Crippen molar-refractivity contribution in [1.82, 2.24) is 20.1 Å². The molecule has 40 heavy (non-hydrogen) atoms. The minimum Gasteiger partial charge on any atom is -0.496 e. The van der Waals surface area contributed by atoms with Crippen molar-refractivity contribution in [3.63, 3.8) is 0 Å². The van der Waals surface area contributed by atoms with Gasteiger partial charge in [-0.05, 0) is 56.7 Å². The van der Waals surface area contributed by atoms with Crippen LogP contribution in [0.1, 0.15) is 76.5 Å². The number of esters is 1. The molecular formula is C28H35N5O5S2. The molecule has 0 saturated heterocycles. The fourth-order valence-corrected chi connectivity index (χ4v) is 6.63. The zero-order valence-electron chi connectivity index (χ0n) is 23.1. The van der Waals surface area contributed by atoms with Crippen LogP contribution in [0.2, 0.25) is 0 Å². The SMILES string of the molecule is CCCCn1c(CNC(=O)c2ccccc2OC)nnc1SCC(=O)Nc1sc2c(c1C(=O)OCC)CCCC2. The molecule has 2 amide bonds. The first kappa shape index (κ1) is 29.6. The van der Waals surface area contributed by atoms with Gasteiger partial charge in [0.05, 0.1) is 37.1 Å². The topological polar surface area (TPSA) is 124 Å². The smallest absolute Gasteiger partial charge is 0.341 e. The van der Waals surface area contributed by atoms with Crippen molar-refractivity contribution in [2.45, 2.75) is 70.6 Å². The Bertz CT molecular complexity index is 1350. The number of ether oxygens (including phenoxy) is 2. The van der Waals surface area contributed by atoms with Gasteiger partial charge in [-0.3, -0.25) is 9.59 Å². The highest BCUT2D eigenvalue weighted by Gasteiger charge is 2.27. The molecular weight excluding hydrogens is 550 g/mol. The molecule has 2 heterocycles.